The maximum atomic E-state index is 8.85. The van der Waals surface area contributed by atoms with Crippen molar-refractivity contribution in [2.45, 2.75) is 33.1 Å². The number of nitriles is 1. The van der Waals surface area contributed by atoms with Crippen LogP contribution < -0.4 is 10.2 Å². The third-order valence-electron chi connectivity index (χ3n) is 4.08. The molecular formula is C14H21N5. The molecular weight excluding hydrogens is 238 g/mol. The Labute approximate surface area is 114 Å². The average Bonchev–Trinajstić information content (AvgIpc) is 2.33. The predicted octanol–water partition coefficient (Wildman–Crippen LogP) is 2.63. The zero-order valence-electron chi connectivity index (χ0n) is 11.8. The summed E-state index contributed by atoms with van der Waals surface area (Å²) in [7, 11) is 1.68. The Morgan fingerprint density at radius 3 is 2.79 bits per heavy atom. The quantitative estimate of drug-likeness (QED) is 0.650. The fourth-order valence-electron chi connectivity index (χ4n) is 2.33. The highest BCUT2D eigenvalue weighted by Crippen LogP contribution is 2.41. The van der Waals surface area contributed by atoms with E-state index in [2.05, 4.69) is 29.1 Å². The van der Waals surface area contributed by atoms with Crippen molar-refractivity contribution in [3.05, 3.63) is 12.4 Å². The summed E-state index contributed by atoms with van der Waals surface area (Å²) < 4.78 is 0. The molecule has 19 heavy (non-hydrogen) atoms. The number of rotatable bonds is 5. The average molecular weight is 259 g/mol. The molecule has 0 bridgehead atoms. The number of hydrogen-bond donors (Lipinski definition) is 1. The van der Waals surface area contributed by atoms with E-state index in [-0.39, 0.29) is 5.41 Å². The maximum absolute atomic E-state index is 8.85. The van der Waals surface area contributed by atoms with Crippen molar-refractivity contribution in [2.24, 2.45) is 11.3 Å². The molecule has 1 heterocycles. The molecule has 0 atom stereocenters. The third-order valence-corrected chi connectivity index (χ3v) is 4.08. The van der Waals surface area contributed by atoms with Gasteiger partial charge in [0.25, 0.3) is 0 Å². The van der Waals surface area contributed by atoms with Crippen LogP contribution in [0.4, 0.5) is 11.6 Å². The van der Waals surface area contributed by atoms with Gasteiger partial charge in [-0.25, -0.2) is 9.97 Å². The molecule has 0 spiro atoms. The highest BCUT2D eigenvalue weighted by atomic mass is 15.2. The number of hydrogen-bond acceptors (Lipinski definition) is 5. The van der Waals surface area contributed by atoms with Crippen LogP contribution in [0.1, 0.15) is 33.1 Å². The van der Waals surface area contributed by atoms with Gasteiger partial charge < -0.3 is 5.32 Å². The van der Waals surface area contributed by atoms with Crippen LogP contribution in [0.25, 0.3) is 0 Å². The fraction of sp³-hybridized carbons (Fsp3) is 0.643. The molecule has 1 aliphatic carbocycles. The summed E-state index contributed by atoms with van der Waals surface area (Å²) in [5.74, 6) is 2.20. The smallest absolute Gasteiger partial charge is 0.185 e. The molecule has 102 valence electrons. The molecule has 5 heteroatoms. The van der Waals surface area contributed by atoms with Gasteiger partial charge in [0.2, 0.25) is 0 Å². The summed E-state index contributed by atoms with van der Waals surface area (Å²) in [5, 5.41) is 12.2. The molecule has 0 unspecified atom stereocenters. The van der Waals surface area contributed by atoms with E-state index in [1.54, 1.807) is 13.1 Å². The first-order valence-electron chi connectivity index (χ1n) is 6.72. The van der Waals surface area contributed by atoms with E-state index in [9.17, 15) is 0 Å². The first-order chi connectivity index (χ1) is 9.03. The summed E-state index contributed by atoms with van der Waals surface area (Å²) >= 11 is 0. The SMILES string of the molecule is CN(C#N)c1cc(NCC(C)(C)C2CCC2)ncn1. The summed E-state index contributed by atoms with van der Waals surface area (Å²) in [5.41, 5.74) is 0.282. The molecule has 1 aliphatic rings. The largest absolute Gasteiger partial charge is 0.369 e. The zero-order valence-corrected chi connectivity index (χ0v) is 11.8. The number of nitrogens with zero attached hydrogens (tertiary/aromatic N) is 4. The molecule has 5 nitrogen and oxygen atoms in total. The molecule has 1 N–H and O–H groups in total. The van der Waals surface area contributed by atoms with Crippen LogP contribution in [-0.2, 0) is 0 Å². The van der Waals surface area contributed by atoms with E-state index >= 15 is 0 Å². The molecule has 1 aromatic heterocycles. The van der Waals surface area contributed by atoms with Crippen molar-refractivity contribution in [1.29, 1.82) is 5.26 Å². The van der Waals surface area contributed by atoms with Crippen LogP contribution in [0, 0.1) is 22.8 Å². The Morgan fingerprint density at radius 2 is 2.21 bits per heavy atom. The van der Waals surface area contributed by atoms with Crippen molar-refractivity contribution in [3.8, 4) is 6.19 Å². The Morgan fingerprint density at radius 1 is 1.47 bits per heavy atom. The van der Waals surface area contributed by atoms with Gasteiger partial charge in [0, 0.05) is 19.7 Å². The lowest BCUT2D eigenvalue weighted by Gasteiger charge is -2.40. The van der Waals surface area contributed by atoms with E-state index in [4.69, 9.17) is 5.26 Å². The van der Waals surface area contributed by atoms with E-state index in [1.165, 1.54) is 30.5 Å². The second-order valence-electron chi connectivity index (χ2n) is 5.89. The maximum Gasteiger partial charge on any atom is 0.185 e. The van der Waals surface area contributed by atoms with Crippen LogP contribution in [0.2, 0.25) is 0 Å². The van der Waals surface area contributed by atoms with Crippen molar-refractivity contribution >= 4 is 11.6 Å². The molecule has 0 amide bonds. The monoisotopic (exact) mass is 259 g/mol. The first kappa shape index (κ1) is 13.6. The molecule has 2 rings (SSSR count). The fourth-order valence-corrected chi connectivity index (χ4v) is 2.33. The van der Waals surface area contributed by atoms with Gasteiger partial charge in [-0.1, -0.05) is 20.3 Å². The summed E-state index contributed by atoms with van der Waals surface area (Å²) in [6, 6.07) is 1.81. The molecule has 1 saturated carbocycles. The van der Waals surface area contributed by atoms with E-state index in [0.717, 1.165) is 18.3 Å². The molecule has 0 aromatic carbocycles. The van der Waals surface area contributed by atoms with Gasteiger partial charge >= 0.3 is 0 Å². The van der Waals surface area contributed by atoms with Gasteiger partial charge in [-0.3, -0.25) is 4.90 Å². The molecule has 0 aliphatic heterocycles. The highest BCUT2D eigenvalue weighted by molar-refractivity contribution is 5.50. The molecule has 0 radical (unpaired) electrons. The molecule has 0 saturated heterocycles. The number of nitrogens with one attached hydrogen (secondary N) is 1. The summed E-state index contributed by atoms with van der Waals surface area (Å²) in [4.78, 5) is 9.69. The van der Waals surface area contributed by atoms with Gasteiger partial charge in [0.1, 0.15) is 18.0 Å². The van der Waals surface area contributed by atoms with Gasteiger partial charge in [-0.15, -0.1) is 0 Å². The lowest BCUT2D eigenvalue weighted by atomic mass is 9.67. The van der Waals surface area contributed by atoms with Crippen LogP contribution in [-0.4, -0.2) is 23.6 Å². The second kappa shape index (κ2) is 5.43. The lowest BCUT2D eigenvalue weighted by molar-refractivity contribution is 0.134. The van der Waals surface area contributed by atoms with Gasteiger partial charge in [-0.2, -0.15) is 5.26 Å². The Hall–Kier alpha value is -1.83. The normalized spacial score (nSPS) is 15.5. The Kier molecular flexibility index (Phi) is 3.89. The standard InChI is InChI=1S/C14H21N5/c1-14(2,11-5-4-6-11)8-16-12-7-13(18-10-17-12)19(3)9-15/h7,10-11H,4-6,8H2,1-3H3,(H,16,17,18). The summed E-state index contributed by atoms with van der Waals surface area (Å²) in [6.45, 7) is 5.49. The van der Waals surface area contributed by atoms with Gasteiger partial charge in [-0.05, 0) is 24.2 Å². The minimum absolute atomic E-state index is 0.282. The zero-order chi connectivity index (χ0) is 13.9. The van der Waals surface area contributed by atoms with Crippen LogP contribution in [0.5, 0.6) is 0 Å². The van der Waals surface area contributed by atoms with E-state index < -0.39 is 0 Å². The minimum Gasteiger partial charge on any atom is -0.369 e. The Bertz CT molecular complexity index is 473. The van der Waals surface area contributed by atoms with Gasteiger partial charge in [0.05, 0.1) is 0 Å². The van der Waals surface area contributed by atoms with Crippen molar-refractivity contribution in [2.75, 3.05) is 23.8 Å². The van der Waals surface area contributed by atoms with Crippen LogP contribution in [0.3, 0.4) is 0 Å². The molecule has 1 fully saturated rings. The van der Waals surface area contributed by atoms with Crippen LogP contribution >= 0.6 is 0 Å². The summed E-state index contributed by atoms with van der Waals surface area (Å²) in [6.07, 6.45) is 7.55. The second-order valence-corrected chi connectivity index (χ2v) is 5.89. The van der Waals surface area contributed by atoms with E-state index in [1.807, 2.05) is 6.19 Å². The van der Waals surface area contributed by atoms with Crippen molar-refractivity contribution in [3.63, 3.8) is 0 Å². The lowest BCUT2D eigenvalue weighted by Crippen LogP contribution is -2.35. The third kappa shape index (κ3) is 3.14. The van der Waals surface area contributed by atoms with Gasteiger partial charge in [0.15, 0.2) is 6.19 Å². The predicted molar refractivity (Wildman–Crippen MR) is 75.7 cm³/mol. The number of aromatic nitrogens is 2. The Balaban J connectivity index is 1.97. The first-order valence-corrected chi connectivity index (χ1v) is 6.72. The van der Waals surface area contributed by atoms with Crippen LogP contribution in [0.15, 0.2) is 12.4 Å². The van der Waals surface area contributed by atoms with E-state index in [0.29, 0.717) is 5.82 Å². The van der Waals surface area contributed by atoms with Crippen molar-refractivity contribution < 1.29 is 0 Å². The minimum atomic E-state index is 0.282. The number of anilines is 2. The molecule has 1 aromatic rings. The van der Waals surface area contributed by atoms with Crippen molar-refractivity contribution in [1.82, 2.24) is 9.97 Å². The topological polar surface area (TPSA) is 64.8 Å². The highest BCUT2D eigenvalue weighted by Gasteiger charge is 2.33.